The van der Waals surface area contributed by atoms with E-state index in [9.17, 15) is 13.2 Å². The van der Waals surface area contributed by atoms with Gasteiger partial charge in [0.2, 0.25) is 0 Å². The zero-order valence-electron chi connectivity index (χ0n) is 9.47. The fourth-order valence-electron chi connectivity index (χ4n) is 1.31. The van der Waals surface area contributed by atoms with Gasteiger partial charge in [0.1, 0.15) is 0 Å². The Labute approximate surface area is 95.2 Å². The van der Waals surface area contributed by atoms with Crippen LogP contribution < -0.4 is 5.73 Å². The van der Waals surface area contributed by atoms with E-state index in [4.69, 9.17) is 5.73 Å². The molecular formula is C12H20F3N. The van der Waals surface area contributed by atoms with Crippen LogP contribution in [0.15, 0.2) is 24.8 Å². The lowest BCUT2D eigenvalue weighted by atomic mass is 10.0. The molecule has 1 unspecified atom stereocenters. The summed E-state index contributed by atoms with van der Waals surface area (Å²) in [5, 5.41) is 0. The molecule has 1 nitrogen and oxygen atoms in total. The van der Waals surface area contributed by atoms with Crippen LogP contribution in [0.25, 0.3) is 0 Å². The normalized spacial score (nSPS) is 14.2. The summed E-state index contributed by atoms with van der Waals surface area (Å²) in [5.74, 6) is -1.42. The molecule has 0 aliphatic carbocycles. The topological polar surface area (TPSA) is 26.0 Å². The van der Waals surface area contributed by atoms with E-state index in [1.54, 1.807) is 12.2 Å². The van der Waals surface area contributed by atoms with Crippen molar-refractivity contribution in [2.24, 2.45) is 11.7 Å². The van der Waals surface area contributed by atoms with Gasteiger partial charge in [0.05, 0.1) is 5.92 Å². The summed E-state index contributed by atoms with van der Waals surface area (Å²) < 4.78 is 36.8. The maximum Gasteiger partial charge on any atom is 0.395 e. The van der Waals surface area contributed by atoms with Crippen LogP contribution in [-0.2, 0) is 0 Å². The molecule has 4 heteroatoms. The SMILES string of the molecule is C=CC(C/C=C/CCCCCN)C(F)(F)F. The number of halogens is 3. The van der Waals surface area contributed by atoms with E-state index in [0.717, 1.165) is 31.8 Å². The van der Waals surface area contributed by atoms with E-state index < -0.39 is 12.1 Å². The van der Waals surface area contributed by atoms with Gasteiger partial charge in [-0.15, -0.1) is 6.58 Å². The summed E-state index contributed by atoms with van der Waals surface area (Å²) in [6, 6.07) is 0. The minimum absolute atomic E-state index is 0.0100. The molecular weight excluding hydrogens is 215 g/mol. The Kier molecular flexibility index (Phi) is 7.99. The maximum absolute atomic E-state index is 12.3. The van der Waals surface area contributed by atoms with Gasteiger partial charge >= 0.3 is 6.18 Å². The van der Waals surface area contributed by atoms with Gasteiger partial charge in [-0.3, -0.25) is 0 Å². The van der Waals surface area contributed by atoms with Gasteiger partial charge in [0, 0.05) is 0 Å². The third-order valence-electron chi connectivity index (χ3n) is 2.34. The average Bonchev–Trinajstić information content (AvgIpc) is 2.20. The Morgan fingerprint density at radius 1 is 1.12 bits per heavy atom. The van der Waals surface area contributed by atoms with Crippen LogP contribution in [0.1, 0.15) is 32.1 Å². The summed E-state index contributed by atoms with van der Waals surface area (Å²) in [6.45, 7) is 3.88. The number of nitrogens with two attached hydrogens (primary N) is 1. The lowest BCUT2D eigenvalue weighted by Crippen LogP contribution is -2.19. The second kappa shape index (κ2) is 8.39. The third kappa shape index (κ3) is 7.51. The number of rotatable bonds is 8. The van der Waals surface area contributed by atoms with Crippen LogP contribution in [-0.4, -0.2) is 12.7 Å². The van der Waals surface area contributed by atoms with Crippen LogP contribution in [0.3, 0.4) is 0 Å². The molecule has 0 aromatic carbocycles. The van der Waals surface area contributed by atoms with Gasteiger partial charge in [0.15, 0.2) is 0 Å². The summed E-state index contributed by atoms with van der Waals surface area (Å²) in [7, 11) is 0. The fourth-order valence-corrected chi connectivity index (χ4v) is 1.31. The van der Waals surface area contributed by atoms with Gasteiger partial charge in [-0.2, -0.15) is 13.2 Å². The summed E-state index contributed by atoms with van der Waals surface area (Å²) in [5.41, 5.74) is 5.32. The second-order valence-corrected chi connectivity index (χ2v) is 3.73. The van der Waals surface area contributed by atoms with Crippen LogP contribution in [0, 0.1) is 5.92 Å². The van der Waals surface area contributed by atoms with E-state index >= 15 is 0 Å². The van der Waals surface area contributed by atoms with Crippen LogP contribution >= 0.6 is 0 Å². The van der Waals surface area contributed by atoms with Gasteiger partial charge in [0.25, 0.3) is 0 Å². The van der Waals surface area contributed by atoms with Crippen molar-refractivity contribution in [2.45, 2.75) is 38.3 Å². The molecule has 0 aliphatic rings. The number of unbranched alkanes of at least 4 members (excludes halogenated alkanes) is 3. The average molecular weight is 235 g/mol. The highest BCUT2D eigenvalue weighted by Crippen LogP contribution is 2.29. The Hall–Kier alpha value is -0.770. The highest BCUT2D eigenvalue weighted by molar-refractivity contribution is 4.93. The zero-order chi connectivity index (χ0) is 12.4. The number of hydrogen-bond acceptors (Lipinski definition) is 1. The van der Waals surface area contributed by atoms with E-state index in [1.165, 1.54) is 0 Å². The summed E-state index contributed by atoms with van der Waals surface area (Å²) >= 11 is 0. The Morgan fingerprint density at radius 2 is 1.81 bits per heavy atom. The Bertz CT molecular complexity index is 209. The van der Waals surface area contributed by atoms with E-state index in [1.807, 2.05) is 0 Å². The van der Waals surface area contributed by atoms with Crippen molar-refractivity contribution in [1.82, 2.24) is 0 Å². The van der Waals surface area contributed by atoms with Crippen LogP contribution in [0.2, 0.25) is 0 Å². The first-order valence-electron chi connectivity index (χ1n) is 5.56. The second-order valence-electron chi connectivity index (χ2n) is 3.73. The van der Waals surface area contributed by atoms with Gasteiger partial charge in [-0.25, -0.2) is 0 Å². The number of alkyl halides is 3. The van der Waals surface area contributed by atoms with E-state index in [-0.39, 0.29) is 6.42 Å². The maximum atomic E-state index is 12.3. The van der Waals surface area contributed by atoms with Crippen molar-refractivity contribution in [1.29, 1.82) is 0 Å². The van der Waals surface area contributed by atoms with Gasteiger partial charge in [-0.1, -0.05) is 24.6 Å². The Balaban J connectivity index is 3.69. The quantitative estimate of drug-likeness (QED) is 0.502. The molecule has 0 bridgehead atoms. The lowest BCUT2D eigenvalue weighted by Gasteiger charge is -2.13. The molecule has 0 radical (unpaired) electrons. The van der Waals surface area contributed by atoms with Crippen LogP contribution in [0.5, 0.6) is 0 Å². The smallest absolute Gasteiger partial charge is 0.330 e. The first-order valence-corrected chi connectivity index (χ1v) is 5.56. The van der Waals surface area contributed by atoms with Gasteiger partial charge < -0.3 is 5.73 Å². The highest BCUT2D eigenvalue weighted by atomic mass is 19.4. The molecule has 2 N–H and O–H groups in total. The zero-order valence-corrected chi connectivity index (χ0v) is 9.47. The molecule has 0 amide bonds. The Morgan fingerprint density at radius 3 is 2.31 bits per heavy atom. The third-order valence-corrected chi connectivity index (χ3v) is 2.34. The van der Waals surface area contributed by atoms with Crippen LogP contribution in [0.4, 0.5) is 13.2 Å². The summed E-state index contributed by atoms with van der Waals surface area (Å²) in [6.07, 6.45) is 3.98. The van der Waals surface area contributed by atoms with Gasteiger partial charge in [-0.05, 0) is 32.2 Å². The van der Waals surface area contributed by atoms with Crippen molar-refractivity contribution >= 4 is 0 Å². The first-order chi connectivity index (χ1) is 7.52. The van der Waals surface area contributed by atoms with Crippen molar-refractivity contribution in [3.63, 3.8) is 0 Å². The molecule has 94 valence electrons. The predicted molar refractivity (Wildman–Crippen MR) is 61.0 cm³/mol. The molecule has 0 saturated heterocycles. The monoisotopic (exact) mass is 235 g/mol. The molecule has 0 rings (SSSR count). The lowest BCUT2D eigenvalue weighted by molar-refractivity contribution is -0.160. The molecule has 0 aromatic rings. The van der Waals surface area contributed by atoms with Crippen molar-refractivity contribution in [3.8, 4) is 0 Å². The molecule has 0 heterocycles. The minimum atomic E-state index is -4.17. The number of allylic oxidation sites excluding steroid dienone is 3. The van der Waals surface area contributed by atoms with Crippen molar-refractivity contribution in [2.75, 3.05) is 6.54 Å². The molecule has 0 saturated carbocycles. The molecule has 0 spiro atoms. The fraction of sp³-hybridized carbons (Fsp3) is 0.667. The molecule has 0 aromatic heterocycles. The van der Waals surface area contributed by atoms with Crippen molar-refractivity contribution < 1.29 is 13.2 Å². The highest BCUT2D eigenvalue weighted by Gasteiger charge is 2.36. The van der Waals surface area contributed by atoms with E-state index in [2.05, 4.69) is 6.58 Å². The molecule has 0 fully saturated rings. The molecule has 16 heavy (non-hydrogen) atoms. The standard InChI is InChI=1S/C12H20F3N/c1-2-11(12(13,14)15)9-7-5-3-4-6-8-10-16/h2,5,7,11H,1,3-4,6,8-10,16H2/b7-5+. The largest absolute Gasteiger partial charge is 0.395 e. The minimum Gasteiger partial charge on any atom is -0.330 e. The summed E-state index contributed by atoms with van der Waals surface area (Å²) in [4.78, 5) is 0. The number of hydrogen-bond donors (Lipinski definition) is 1. The molecule has 0 aliphatic heterocycles. The predicted octanol–water partition coefficient (Wildman–Crippen LogP) is 3.82. The van der Waals surface area contributed by atoms with Crippen molar-refractivity contribution in [3.05, 3.63) is 24.8 Å². The van der Waals surface area contributed by atoms with E-state index in [0.29, 0.717) is 6.54 Å². The molecule has 1 atom stereocenters. The first kappa shape index (κ1) is 15.2.